The molecule has 0 fully saturated rings. The van der Waals surface area contributed by atoms with Crippen LogP contribution in [0.25, 0.3) is 0 Å². The normalized spacial score (nSPS) is 11.9. The van der Waals surface area contributed by atoms with Gasteiger partial charge in [-0.3, -0.25) is 13.9 Å². The third kappa shape index (κ3) is 7.76. The maximum atomic E-state index is 13.9. The third-order valence-electron chi connectivity index (χ3n) is 6.56. The fourth-order valence-corrected chi connectivity index (χ4v) is 5.63. The Balaban J connectivity index is 2.00. The molecule has 0 saturated heterocycles. The third-order valence-corrected chi connectivity index (χ3v) is 8.76. The van der Waals surface area contributed by atoms with Crippen molar-refractivity contribution in [3.63, 3.8) is 0 Å². The topological polar surface area (TPSA) is 96.0 Å². The highest BCUT2D eigenvalue weighted by atomic mass is 35.5. The van der Waals surface area contributed by atoms with Gasteiger partial charge in [0.25, 0.3) is 10.0 Å². The van der Waals surface area contributed by atoms with E-state index in [1.165, 1.54) is 23.1 Å². The Bertz CT molecular complexity index is 1400. The van der Waals surface area contributed by atoms with E-state index in [2.05, 4.69) is 5.32 Å². The molecule has 2 amide bonds. The number of nitrogens with zero attached hydrogens (tertiary/aromatic N) is 2. The lowest BCUT2D eigenvalue weighted by Crippen LogP contribution is -2.51. The number of halogens is 1. The van der Waals surface area contributed by atoms with Gasteiger partial charge in [0, 0.05) is 18.1 Å². The Hall–Kier alpha value is -3.56. The van der Waals surface area contributed by atoms with E-state index in [4.69, 9.17) is 16.3 Å². The summed E-state index contributed by atoms with van der Waals surface area (Å²) in [6.45, 7) is 5.53. The monoisotopic (exact) mass is 585 g/mol. The lowest BCUT2D eigenvalue weighted by molar-refractivity contribution is -0.139. The van der Waals surface area contributed by atoms with Crippen LogP contribution >= 0.6 is 11.6 Å². The molecule has 0 aliphatic rings. The molecule has 8 nitrogen and oxygen atoms in total. The Labute approximate surface area is 241 Å². The molecule has 0 heterocycles. The van der Waals surface area contributed by atoms with Crippen molar-refractivity contribution in [2.45, 2.75) is 51.1 Å². The van der Waals surface area contributed by atoms with Crippen LogP contribution in [-0.2, 0) is 26.2 Å². The van der Waals surface area contributed by atoms with Crippen molar-refractivity contribution in [1.82, 2.24) is 10.2 Å². The summed E-state index contributed by atoms with van der Waals surface area (Å²) < 4.78 is 33.9. The minimum atomic E-state index is -4.15. The molecule has 40 heavy (non-hydrogen) atoms. The average molecular weight is 586 g/mol. The number of methoxy groups -OCH3 is 1. The van der Waals surface area contributed by atoms with E-state index in [-0.39, 0.29) is 23.0 Å². The Morgan fingerprint density at radius 3 is 2.30 bits per heavy atom. The molecular weight excluding hydrogens is 550 g/mol. The molecule has 0 unspecified atom stereocenters. The van der Waals surface area contributed by atoms with Gasteiger partial charge in [0.05, 0.1) is 17.7 Å². The van der Waals surface area contributed by atoms with Crippen LogP contribution in [0.15, 0.2) is 77.7 Å². The molecule has 1 N–H and O–H groups in total. The van der Waals surface area contributed by atoms with Crippen LogP contribution in [0.2, 0.25) is 5.02 Å². The van der Waals surface area contributed by atoms with Crippen molar-refractivity contribution >= 4 is 39.1 Å². The predicted molar refractivity (Wildman–Crippen MR) is 158 cm³/mol. The molecule has 0 aromatic heterocycles. The number of aryl methyl sites for hydroxylation is 1. The minimum Gasteiger partial charge on any atom is -0.497 e. The van der Waals surface area contributed by atoms with Crippen molar-refractivity contribution in [3.05, 3.63) is 88.9 Å². The molecule has 0 saturated carbocycles. The summed E-state index contributed by atoms with van der Waals surface area (Å²) in [5.41, 5.74) is 1.78. The number of carbonyl (C=O) groups is 2. The van der Waals surface area contributed by atoms with Gasteiger partial charge in [0.1, 0.15) is 18.3 Å². The van der Waals surface area contributed by atoms with Crippen molar-refractivity contribution in [2.75, 3.05) is 24.5 Å². The van der Waals surface area contributed by atoms with Crippen LogP contribution in [0, 0.1) is 6.92 Å². The summed E-state index contributed by atoms with van der Waals surface area (Å²) in [5.74, 6) is -0.195. The van der Waals surface area contributed by atoms with Crippen molar-refractivity contribution < 1.29 is 22.7 Å². The molecule has 0 bridgehead atoms. The Morgan fingerprint density at radius 1 is 1.02 bits per heavy atom. The number of rotatable bonds is 13. The second-order valence-electron chi connectivity index (χ2n) is 9.45. The summed E-state index contributed by atoms with van der Waals surface area (Å²) in [4.78, 5) is 28.4. The number of sulfonamides is 1. The number of amides is 2. The molecular formula is C30H36ClN3O5S. The van der Waals surface area contributed by atoms with Crippen LogP contribution in [0.5, 0.6) is 5.75 Å². The van der Waals surface area contributed by atoms with Gasteiger partial charge < -0.3 is 15.0 Å². The summed E-state index contributed by atoms with van der Waals surface area (Å²) >= 11 is 6.36. The average Bonchev–Trinajstić information content (AvgIpc) is 2.96. The Morgan fingerprint density at radius 2 is 1.70 bits per heavy atom. The second kappa shape index (κ2) is 14.2. The summed E-state index contributed by atoms with van der Waals surface area (Å²) in [5, 5.41) is 3.25. The van der Waals surface area contributed by atoms with Gasteiger partial charge in [-0.15, -0.1) is 0 Å². The second-order valence-corrected chi connectivity index (χ2v) is 11.7. The smallest absolute Gasteiger partial charge is 0.264 e. The largest absolute Gasteiger partial charge is 0.497 e. The van der Waals surface area contributed by atoms with Crippen LogP contribution in [0.4, 0.5) is 5.69 Å². The van der Waals surface area contributed by atoms with Crippen LogP contribution in [-0.4, -0.2) is 51.4 Å². The van der Waals surface area contributed by atoms with Crippen molar-refractivity contribution in [1.29, 1.82) is 0 Å². The first kappa shape index (κ1) is 31.0. The highest BCUT2D eigenvalue weighted by Gasteiger charge is 2.32. The molecule has 0 spiro atoms. The zero-order valence-electron chi connectivity index (χ0n) is 23.3. The summed E-state index contributed by atoms with van der Waals surface area (Å²) in [6, 6.07) is 19.0. The van der Waals surface area contributed by atoms with Crippen LogP contribution < -0.4 is 14.4 Å². The summed E-state index contributed by atoms with van der Waals surface area (Å²) in [6.07, 6.45) is 1.72. The number of anilines is 1. The number of hydrogen-bond acceptors (Lipinski definition) is 5. The number of ether oxygens (including phenoxy) is 1. The van der Waals surface area contributed by atoms with Gasteiger partial charge >= 0.3 is 0 Å². The maximum Gasteiger partial charge on any atom is 0.264 e. The van der Waals surface area contributed by atoms with E-state index < -0.39 is 28.5 Å². The number of unbranched alkanes of at least 4 members (excludes halogenated alkanes) is 1. The van der Waals surface area contributed by atoms with Gasteiger partial charge in [0.15, 0.2) is 0 Å². The number of carbonyl (C=O) groups excluding carboxylic acids is 2. The molecule has 10 heteroatoms. The fourth-order valence-electron chi connectivity index (χ4n) is 4.03. The fraction of sp³-hybridized carbons (Fsp3) is 0.333. The van der Waals surface area contributed by atoms with E-state index in [9.17, 15) is 18.0 Å². The molecule has 0 aliphatic carbocycles. The van der Waals surface area contributed by atoms with Gasteiger partial charge in [-0.25, -0.2) is 8.42 Å². The first-order chi connectivity index (χ1) is 19.1. The highest BCUT2D eigenvalue weighted by molar-refractivity contribution is 7.92. The quantitative estimate of drug-likeness (QED) is 0.279. The number of hydrogen-bond donors (Lipinski definition) is 1. The molecule has 3 aromatic rings. The van der Waals surface area contributed by atoms with Gasteiger partial charge in [-0.2, -0.15) is 0 Å². The van der Waals surface area contributed by atoms with Gasteiger partial charge in [-0.1, -0.05) is 61.3 Å². The highest BCUT2D eigenvalue weighted by Crippen LogP contribution is 2.28. The molecule has 3 rings (SSSR count). The zero-order valence-corrected chi connectivity index (χ0v) is 24.8. The van der Waals surface area contributed by atoms with Crippen molar-refractivity contribution in [3.8, 4) is 5.75 Å². The van der Waals surface area contributed by atoms with Crippen molar-refractivity contribution in [2.24, 2.45) is 0 Å². The van der Waals surface area contributed by atoms with E-state index in [1.807, 2.05) is 13.8 Å². The molecule has 0 aliphatic heterocycles. The SMILES string of the molecule is CCCCNC(=O)[C@H](C)N(Cc1ccc(OC)cc1)C(=O)CN(c1ccc(C)c(Cl)c1)S(=O)(=O)c1ccccc1. The van der Waals surface area contributed by atoms with E-state index in [0.29, 0.717) is 17.3 Å². The first-order valence-corrected chi connectivity index (χ1v) is 14.9. The minimum absolute atomic E-state index is 0.0339. The number of nitrogens with one attached hydrogen (secondary N) is 1. The molecule has 1 atom stereocenters. The first-order valence-electron chi connectivity index (χ1n) is 13.1. The van der Waals surface area contributed by atoms with Gasteiger partial charge in [-0.05, 0) is 67.8 Å². The van der Waals surface area contributed by atoms with Crippen LogP contribution in [0.1, 0.15) is 37.8 Å². The van der Waals surface area contributed by atoms with Gasteiger partial charge in [0.2, 0.25) is 11.8 Å². The van der Waals surface area contributed by atoms with E-state index >= 15 is 0 Å². The number of benzene rings is 3. The predicted octanol–water partition coefficient (Wildman–Crippen LogP) is 5.19. The summed E-state index contributed by atoms with van der Waals surface area (Å²) in [7, 11) is -2.59. The van der Waals surface area contributed by atoms with E-state index in [0.717, 1.165) is 28.3 Å². The molecule has 0 radical (unpaired) electrons. The lowest BCUT2D eigenvalue weighted by Gasteiger charge is -2.32. The van der Waals surface area contributed by atoms with Crippen LogP contribution in [0.3, 0.4) is 0 Å². The zero-order chi connectivity index (χ0) is 29.3. The molecule has 214 valence electrons. The lowest BCUT2D eigenvalue weighted by atomic mass is 10.1. The standard InChI is InChI=1S/C30H36ClN3O5S/c1-5-6-18-32-30(36)23(3)33(20-24-13-16-26(39-4)17-14-24)29(35)21-34(25-15-12-22(2)28(31)19-25)40(37,38)27-10-8-7-9-11-27/h7-17,19,23H,5-6,18,20-21H2,1-4H3,(H,32,36)/t23-/m0/s1. The maximum absolute atomic E-state index is 13.9. The Kier molecular flexibility index (Phi) is 11.0. The molecule has 3 aromatic carbocycles. The van der Waals surface area contributed by atoms with E-state index in [1.54, 1.807) is 68.6 Å².